The zero-order valence-corrected chi connectivity index (χ0v) is 17.6. The molecular weight excluding hydrogens is 423 g/mol. The standard InChI is InChI=1S/C21H22F3N7O/c1-13-5-6-17(31-25-7-8-26-31)16(10-13)19(32)30-9-3-4-15(12-30)28-18-11-14(2)27-20(29-18)21(22,23)24/h5-8,10-11,15H,3-4,9,12H2,1-2H3,(H,27,28,29). The third-order valence-electron chi connectivity index (χ3n) is 5.19. The molecule has 1 aliphatic rings. The summed E-state index contributed by atoms with van der Waals surface area (Å²) in [6.07, 6.45) is -0.142. The fraction of sp³-hybridized carbons (Fsp3) is 0.381. The number of aryl methyl sites for hydroxylation is 2. The number of alkyl halides is 3. The highest BCUT2D eigenvalue weighted by Crippen LogP contribution is 2.28. The molecule has 4 rings (SSSR count). The Hall–Kier alpha value is -3.50. The lowest BCUT2D eigenvalue weighted by Gasteiger charge is -2.34. The minimum atomic E-state index is -4.63. The van der Waals surface area contributed by atoms with E-state index in [2.05, 4.69) is 25.5 Å². The number of carbonyl (C=O) groups is 1. The van der Waals surface area contributed by atoms with E-state index >= 15 is 0 Å². The lowest BCUT2D eigenvalue weighted by Crippen LogP contribution is -2.45. The van der Waals surface area contributed by atoms with Crippen LogP contribution in [0.5, 0.6) is 0 Å². The first-order chi connectivity index (χ1) is 15.2. The average Bonchev–Trinajstić information content (AvgIpc) is 3.27. The van der Waals surface area contributed by atoms with Gasteiger partial charge in [0, 0.05) is 30.9 Å². The van der Waals surface area contributed by atoms with E-state index in [1.165, 1.54) is 30.2 Å². The highest BCUT2D eigenvalue weighted by molar-refractivity contribution is 5.98. The van der Waals surface area contributed by atoms with Crippen molar-refractivity contribution in [3.63, 3.8) is 0 Å². The summed E-state index contributed by atoms with van der Waals surface area (Å²) in [6.45, 7) is 4.27. The van der Waals surface area contributed by atoms with E-state index in [0.29, 0.717) is 37.2 Å². The summed E-state index contributed by atoms with van der Waals surface area (Å²) in [5.41, 5.74) is 2.18. The van der Waals surface area contributed by atoms with Gasteiger partial charge in [0.25, 0.3) is 5.91 Å². The normalized spacial score (nSPS) is 16.8. The molecule has 168 valence electrons. The number of amides is 1. The van der Waals surface area contributed by atoms with Crippen LogP contribution in [0.15, 0.2) is 36.7 Å². The first-order valence-electron chi connectivity index (χ1n) is 10.2. The quantitative estimate of drug-likeness (QED) is 0.662. The van der Waals surface area contributed by atoms with Crippen molar-refractivity contribution in [2.75, 3.05) is 18.4 Å². The number of carbonyl (C=O) groups excluding carboxylic acids is 1. The molecule has 3 aromatic rings. The lowest BCUT2D eigenvalue weighted by atomic mass is 10.0. The number of hydrogen-bond donors (Lipinski definition) is 1. The van der Waals surface area contributed by atoms with Crippen LogP contribution in [0.2, 0.25) is 0 Å². The fourth-order valence-electron chi connectivity index (χ4n) is 3.76. The number of halogens is 3. The number of piperidine rings is 1. The van der Waals surface area contributed by atoms with Crippen LogP contribution in [-0.2, 0) is 6.18 Å². The van der Waals surface area contributed by atoms with Crippen molar-refractivity contribution >= 4 is 11.7 Å². The van der Waals surface area contributed by atoms with Gasteiger partial charge in [-0.2, -0.15) is 28.2 Å². The highest BCUT2D eigenvalue weighted by Gasteiger charge is 2.35. The minimum Gasteiger partial charge on any atom is -0.365 e. The van der Waals surface area contributed by atoms with Crippen molar-refractivity contribution < 1.29 is 18.0 Å². The van der Waals surface area contributed by atoms with Gasteiger partial charge in [0.05, 0.1) is 23.6 Å². The third-order valence-corrected chi connectivity index (χ3v) is 5.19. The topological polar surface area (TPSA) is 88.8 Å². The molecule has 1 atom stereocenters. The van der Waals surface area contributed by atoms with Crippen molar-refractivity contribution in [3.05, 3.63) is 59.3 Å². The highest BCUT2D eigenvalue weighted by atomic mass is 19.4. The van der Waals surface area contributed by atoms with E-state index in [9.17, 15) is 18.0 Å². The maximum atomic E-state index is 13.4. The van der Waals surface area contributed by atoms with E-state index in [1.54, 1.807) is 17.0 Å². The van der Waals surface area contributed by atoms with Crippen molar-refractivity contribution in [3.8, 4) is 5.69 Å². The van der Waals surface area contributed by atoms with Gasteiger partial charge in [0.2, 0.25) is 5.82 Å². The molecule has 1 N–H and O–H groups in total. The van der Waals surface area contributed by atoms with Gasteiger partial charge in [-0.15, -0.1) is 0 Å². The predicted octanol–water partition coefficient (Wildman–Crippen LogP) is 3.41. The number of anilines is 1. The molecule has 0 bridgehead atoms. The van der Waals surface area contributed by atoms with E-state index in [-0.39, 0.29) is 23.5 Å². The Morgan fingerprint density at radius 2 is 1.88 bits per heavy atom. The van der Waals surface area contributed by atoms with Crippen molar-refractivity contribution in [2.45, 2.75) is 38.9 Å². The Morgan fingerprint density at radius 3 is 2.59 bits per heavy atom. The minimum absolute atomic E-state index is 0.0982. The van der Waals surface area contributed by atoms with E-state index < -0.39 is 12.0 Å². The molecule has 1 unspecified atom stereocenters. The molecule has 0 saturated carbocycles. The summed E-state index contributed by atoms with van der Waals surface area (Å²) in [5, 5.41) is 11.3. The summed E-state index contributed by atoms with van der Waals surface area (Å²) in [4.78, 5) is 23.5. The Kier molecular flexibility index (Phi) is 5.81. The molecule has 0 radical (unpaired) electrons. The third kappa shape index (κ3) is 4.71. The molecule has 1 saturated heterocycles. The largest absolute Gasteiger partial charge is 0.451 e. The molecule has 32 heavy (non-hydrogen) atoms. The molecule has 3 heterocycles. The number of likely N-dealkylation sites (tertiary alicyclic amines) is 1. The number of benzene rings is 1. The van der Waals surface area contributed by atoms with Gasteiger partial charge >= 0.3 is 6.18 Å². The molecular formula is C21H22F3N7O. The van der Waals surface area contributed by atoms with E-state index in [1.807, 2.05) is 13.0 Å². The molecule has 0 aliphatic carbocycles. The van der Waals surface area contributed by atoms with Crippen molar-refractivity contribution in [1.82, 2.24) is 29.9 Å². The first kappa shape index (κ1) is 21.7. The maximum Gasteiger partial charge on any atom is 0.451 e. The number of nitrogens with one attached hydrogen (secondary N) is 1. The van der Waals surface area contributed by atoms with Crippen molar-refractivity contribution in [1.29, 1.82) is 0 Å². The summed E-state index contributed by atoms with van der Waals surface area (Å²) in [7, 11) is 0. The zero-order chi connectivity index (χ0) is 22.9. The number of nitrogens with zero attached hydrogens (tertiary/aromatic N) is 6. The van der Waals surface area contributed by atoms with Gasteiger partial charge in [-0.25, -0.2) is 9.97 Å². The molecule has 8 nitrogen and oxygen atoms in total. The smallest absolute Gasteiger partial charge is 0.365 e. The van der Waals surface area contributed by atoms with E-state index in [4.69, 9.17) is 0 Å². The second-order valence-electron chi connectivity index (χ2n) is 7.79. The molecule has 1 aromatic carbocycles. The predicted molar refractivity (Wildman–Crippen MR) is 110 cm³/mol. The van der Waals surface area contributed by atoms with Crippen LogP contribution in [0, 0.1) is 13.8 Å². The lowest BCUT2D eigenvalue weighted by molar-refractivity contribution is -0.145. The van der Waals surface area contributed by atoms with Crippen LogP contribution < -0.4 is 5.32 Å². The van der Waals surface area contributed by atoms with Crippen molar-refractivity contribution in [2.24, 2.45) is 0 Å². The maximum absolute atomic E-state index is 13.4. The van der Waals surface area contributed by atoms with Crippen LogP contribution in [0.1, 0.15) is 40.3 Å². The van der Waals surface area contributed by atoms with Gasteiger partial charge in [0.15, 0.2) is 0 Å². The Balaban J connectivity index is 1.54. The summed E-state index contributed by atoms with van der Waals surface area (Å²) in [5.74, 6) is -1.26. The van der Waals surface area contributed by atoms with Gasteiger partial charge in [-0.05, 0) is 38.8 Å². The van der Waals surface area contributed by atoms with Gasteiger partial charge in [-0.3, -0.25) is 4.79 Å². The second-order valence-corrected chi connectivity index (χ2v) is 7.79. The molecule has 1 fully saturated rings. The van der Waals surface area contributed by atoms with Gasteiger partial charge < -0.3 is 10.2 Å². The summed E-state index contributed by atoms with van der Waals surface area (Å²) < 4.78 is 39.2. The van der Waals surface area contributed by atoms with Crippen LogP contribution in [0.3, 0.4) is 0 Å². The Bertz CT molecular complexity index is 1120. The van der Waals surface area contributed by atoms with Crippen LogP contribution in [0.4, 0.5) is 19.0 Å². The average molecular weight is 445 g/mol. The van der Waals surface area contributed by atoms with Crippen LogP contribution in [-0.4, -0.2) is 54.9 Å². The number of aromatic nitrogens is 5. The molecule has 2 aromatic heterocycles. The van der Waals surface area contributed by atoms with Gasteiger partial charge in [0.1, 0.15) is 5.82 Å². The fourth-order valence-corrected chi connectivity index (χ4v) is 3.76. The van der Waals surface area contributed by atoms with E-state index in [0.717, 1.165) is 5.56 Å². The summed E-state index contributed by atoms with van der Waals surface area (Å²) in [6, 6.07) is 6.70. The van der Waals surface area contributed by atoms with Crippen LogP contribution >= 0.6 is 0 Å². The number of rotatable bonds is 4. The molecule has 1 amide bonds. The Morgan fingerprint density at radius 1 is 1.12 bits per heavy atom. The first-order valence-corrected chi connectivity index (χ1v) is 10.2. The monoisotopic (exact) mass is 445 g/mol. The molecule has 0 spiro atoms. The van der Waals surface area contributed by atoms with Gasteiger partial charge in [-0.1, -0.05) is 11.6 Å². The number of hydrogen-bond acceptors (Lipinski definition) is 6. The Labute approximate surface area is 182 Å². The second kappa shape index (κ2) is 8.56. The van der Waals surface area contributed by atoms with Crippen LogP contribution in [0.25, 0.3) is 5.69 Å². The summed E-state index contributed by atoms with van der Waals surface area (Å²) >= 11 is 0. The zero-order valence-electron chi connectivity index (χ0n) is 17.6. The molecule has 11 heteroatoms. The molecule has 1 aliphatic heterocycles. The SMILES string of the molecule is Cc1ccc(-n2nccn2)c(C(=O)N2CCCC(Nc3cc(C)nc(C(F)(F)F)n3)C2)c1.